The van der Waals surface area contributed by atoms with Crippen LogP contribution in [0.15, 0.2) is 18.2 Å². The van der Waals surface area contributed by atoms with Gasteiger partial charge in [0.2, 0.25) is 0 Å². The summed E-state index contributed by atoms with van der Waals surface area (Å²) >= 11 is 0. The van der Waals surface area contributed by atoms with Crippen LogP contribution < -0.4 is 9.47 Å². The number of aliphatic carboxylic acids is 1. The van der Waals surface area contributed by atoms with Crippen molar-refractivity contribution in [2.45, 2.75) is 45.7 Å². The van der Waals surface area contributed by atoms with Gasteiger partial charge in [-0.3, -0.25) is 4.79 Å². The third-order valence-corrected chi connectivity index (χ3v) is 3.74. The van der Waals surface area contributed by atoms with Gasteiger partial charge in [0.25, 0.3) is 5.91 Å². The van der Waals surface area contributed by atoms with Gasteiger partial charge >= 0.3 is 5.97 Å². The van der Waals surface area contributed by atoms with Gasteiger partial charge in [0.05, 0.1) is 13.2 Å². The van der Waals surface area contributed by atoms with Crippen molar-refractivity contribution < 1.29 is 24.2 Å². The summed E-state index contributed by atoms with van der Waals surface area (Å²) < 4.78 is 11.0. The molecule has 1 atom stereocenters. The first-order valence-electron chi connectivity index (χ1n) is 7.94. The molecular weight excluding hydrogens is 298 g/mol. The van der Waals surface area contributed by atoms with E-state index in [2.05, 4.69) is 0 Å². The Labute approximate surface area is 136 Å². The van der Waals surface area contributed by atoms with E-state index in [1.807, 2.05) is 13.8 Å². The van der Waals surface area contributed by atoms with Crippen molar-refractivity contribution in [1.29, 1.82) is 0 Å². The molecule has 6 heteroatoms. The molecule has 23 heavy (non-hydrogen) atoms. The predicted octanol–water partition coefficient (Wildman–Crippen LogP) is 2.56. The number of carbonyl (C=O) groups excluding carboxylic acids is 1. The summed E-state index contributed by atoms with van der Waals surface area (Å²) in [6.45, 7) is 6.22. The number of carbonyl (C=O) groups is 2. The SMILES string of the molecule is CCOc1ccc(C(=O)N(C2CC2)C(C)C(=O)O)cc1OCC. The Hall–Kier alpha value is -2.24. The predicted molar refractivity (Wildman–Crippen MR) is 85.1 cm³/mol. The van der Waals surface area contributed by atoms with E-state index in [0.29, 0.717) is 30.3 Å². The summed E-state index contributed by atoms with van der Waals surface area (Å²) in [7, 11) is 0. The summed E-state index contributed by atoms with van der Waals surface area (Å²) in [5.41, 5.74) is 0.414. The lowest BCUT2D eigenvalue weighted by Gasteiger charge is -2.26. The molecule has 0 saturated heterocycles. The molecule has 1 fully saturated rings. The van der Waals surface area contributed by atoms with Crippen LogP contribution in [-0.2, 0) is 4.79 Å². The molecule has 6 nitrogen and oxygen atoms in total. The van der Waals surface area contributed by atoms with Crippen LogP contribution in [0.4, 0.5) is 0 Å². The number of nitrogens with zero attached hydrogens (tertiary/aromatic N) is 1. The molecule has 0 bridgehead atoms. The molecule has 0 spiro atoms. The van der Waals surface area contributed by atoms with Crippen LogP contribution in [0, 0.1) is 0 Å². The van der Waals surface area contributed by atoms with Gasteiger partial charge in [-0.15, -0.1) is 0 Å². The molecule has 0 radical (unpaired) electrons. The second-order valence-electron chi connectivity index (χ2n) is 5.49. The van der Waals surface area contributed by atoms with E-state index in [1.54, 1.807) is 18.2 Å². The van der Waals surface area contributed by atoms with Crippen molar-refractivity contribution in [1.82, 2.24) is 4.90 Å². The van der Waals surface area contributed by atoms with Crippen LogP contribution in [0.3, 0.4) is 0 Å². The van der Waals surface area contributed by atoms with Crippen molar-refractivity contribution in [3.05, 3.63) is 23.8 Å². The van der Waals surface area contributed by atoms with Crippen molar-refractivity contribution in [3.8, 4) is 11.5 Å². The van der Waals surface area contributed by atoms with Crippen molar-refractivity contribution >= 4 is 11.9 Å². The standard InChI is InChI=1S/C17H23NO5/c1-4-22-14-9-6-12(10-15(14)23-5-2)16(19)18(13-7-8-13)11(3)17(20)21/h6,9-11,13H,4-5,7-8H2,1-3H3,(H,20,21). The molecule has 1 saturated carbocycles. The number of rotatable bonds is 8. The number of amides is 1. The van der Waals surface area contributed by atoms with Crippen LogP contribution in [0.5, 0.6) is 11.5 Å². The maximum Gasteiger partial charge on any atom is 0.326 e. The maximum atomic E-state index is 12.8. The molecule has 0 aliphatic heterocycles. The van der Waals surface area contributed by atoms with E-state index in [0.717, 1.165) is 12.8 Å². The third kappa shape index (κ3) is 3.94. The minimum Gasteiger partial charge on any atom is -0.490 e. The maximum absolute atomic E-state index is 12.8. The van der Waals surface area contributed by atoms with E-state index in [9.17, 15) is 14.7 Å². The number of hydrogen-bond acceptors (Lipinski definition) is 4. The fourth-order valence-corrected chi connectivity index (χ4v) is 2.46. The normalized spacial score (nSPS) is 14.9. The fraction of sp³-hybridized carbons (Fsp3) is 0.529. The van der Waals surface area contributed by atoms with Gasteiger partial charge in [-0.25, -0.2) is 4.79 Å². The molecule has 1 amide bonds. The van der Waals surface area contributed by atoms with Crippen molar-refractivity contribution in [3.63, 3.8) is 0 Å². The Bertz CT molecular complexity index is 582. The molecule has 1 aliphatic carbocycles. The lowest BCUT2D eigenvalue weighted by atomic mass is 10.1. The van der Waals surface area contributed by atoms with E-state index >= 15 is 0 Å². The smallest absolute Gasteiger partial charge is 0.326 e. The van der Waals surface area contributed by atoms with Crippen LogP contribution >= 0.6 is 0 Å². The molecule has 0 heterocycles. The summed E-state index contributed by atoms with van der Waals surface area (Å²) in [5.74, 6) is -0.207. The highest BCUT2D eigenvalue weighted by molar-refractivity contribution is 5.97. The number of carboxylic acids is 1. The quantitative estimate of drug-likeness (QED) is 0.796. The summed E-state index contributed by atoms with van der Waals surface area (Å²) in [4.78, 5) is 25.5. The average molecular weight is 321 g/mol. The Morgan fingerprint density at radius 3 is 2.35 bits per heavy atom. The Kier molecular flexibility index (Phi) is 5.47. The van der Waals surface area contributed by atoms with Crippen LogP contribution in [0.1, 0.15) is 44.0 Å². The molecule has 126 valence electrons. The number of hydrogen-bond donors (Lipinski definition) is 1. The van der Waals surface area contributed by atoms with E-state index < -0.39 is 12.0 Å². The highest BCUT2D eigenvalue weighted by atomic mass is 16.5. The Morgan fingerprint density at radius 1 is 1.22 bits per heavy atom. The first-order valence-corrected chi connectivity index (χ1v) is 7.94. The molecule has 1 unspecified atom stereocenters. The number of carboxylic acid groups (broad SMARTS) is 1. The second kappa shape index (κ2) is 7.35. The fourth-order valence-electron chi connectivity index (χ4n) is 2.46. The topological polar surface area (TPSA) is 76.1 Å². The largest absolute Gasteiger partial charge is 0.490 e. The lowest BCUT2D eigenvalue weighted by Crippen LogP contribution is -2.44. The molecule has 1 N–H and O–H groups in total. The minimum absolute atomic E-state index is 0.00992. The molecule has 1 aromatic rings. The van der Waals surface area contributed by atoms with Crippen LogP contribution in [0.2, 0.25) is 0 Å². The van der Waals surface area contributed by atoms with Crippen molar-refractivity contribution in [2.24, 2.45) is 0 Å². The van der Waals surface area contributed by atoms with Gasteiger partial charge in [0.1, 0.15) is 6.04 Å². The zero-order valence-electron chi connectivity index (χ0n) is 13.7. The van der Waals surface area contributed by atoms with Gasteiger partial charge in [0, 0.05) is 11.6 Å². The third-order valence-electron chi connectivity index (χ3n) is 3.74. The minimum atomic E-state index is -0.999. The molecule has 1 aliphatic rings. The number of benzene rings is 1. The highest BCUT2D eigenvalue weighted by Gasteiger charge is 2.38. The van der Waals surface area contributed by atoms with Gasteiger partial charge in [-0.2, -0.15) is 0 Å². The van der Waals surface area contributed by atoms with Gasteiger partial charge in [-0.1, -0.05) is 0 Å². The molecular formula is C17H23NO5. The summed E-state index contributed by atoms with van der Waals surface area (Å²) in [6, 6.07) is 4.13. The summed E-state index contributed by atoms with van der Waals surface area (Å²) in [6.07, 6.45) is 1.69. The second-order valence-corrected chi connectivity index (χ2v) is 5.49. The average Bonchev–Trinajstić information content (AvgIpc) is 3.34. The van der Waals surface area contributed by atoms with E-state index in [4.69, 9.17) is 9.47 Å². The van der Waals surface area contributed by atoms with E-state index in [-0.39, 0.29) is 11.9 Å². The van der Waals surface area contributed by atoms with Crippen molar-refractivity contribution in [2.75, 3.05) is 13.2 Å². The molecule has 1 aromatic carbocycles. The zero-order chi connectivity index (χ0) is 17.0. The zero-order valence-corrected chi connectivity index (χ0v) is 13.7. The monoisotopic (exact) mass is 321 g/mol. The molecule has 0 aromatic heterocycles. The Morgan fingerprint density at radius 2 is 1.83 bits per heavy atom. The van der Waals surface area contributed by atoms with E-state index in [1.165, 1.54) is 11.8 Å². The first kappa shape index (κ1) is 17.1. The van der Waals surface area contributed by atoms with Gasteiger partial charge in [-0.05, 0) is 51.8 Å². The highest BCUT2D eigenvalue weighted by Crippen LogP contribution is 2.33. The van der Waals surface area contributed by atoms with Gasteiger partial charge < -0.3 is 19.5 Å². The van der Waals surface area contributed by atoms with Crippen LogP contribution in [0.25, 0.3) is 0 Å². The lowest BCUT2D eigenvalue weighted by molar-refractivity contribution is -0.141. The van der Waals surface area contributed by atoms with Gasteiger partial charge in [0.15, 0.2) is 11.5 Å². The summed E-state index contributed by atoms with van der Waals surface area (Å²) in [5, 5.41) is 9.24. The van der Waals surface area contributed by atoms with Crippen LogP contribution in [-0.4, -0.2) is 47.2 Å². The molecule has 2 rings (SSSR count). The Balaban J connectivity index is 2.29. The number of ether oxygens (including phenoxy) is 2. The first-order chi connectivity index (χ1) is 11.0.